The van der Waals surface area contributed by atoms with Gasteiger partial charge >= 0.3 is 7.12 Å². The van der Waals surface area contributed by atoms with E-state index in [4.69, 9.17) is 24.2 Å². The predicted molar refractivity (Wildman–Crippen MR) is 131 cm³/mol. The molecule has 2 aromatic carbocycles. The summed E-state index contributed by atoms with van der Waals surface area (Å²) in [5.41, 5.74) is 7.53. The Bertz CT molecular complexity index is 1210. The van der Waals surface area contributed by atoms with Crippen molar-refractivity contribution < 1.29 is 23.3 Å². The Morgan fingerprint density at radius 3 is 2.41 bits per heavy atom. The van der Waals surface area contributed by atoms with Crippen molar-refractivity contribution in [3.8, 4) is 5.75 Å². The van der Waals surface area contributed by atoms with E-state index in [1.54, 1.807) is 0 Å². The second-order valence-corrected chi connectivity index (χ2v) is 10.2. The van der Waals surface area contributed by atoms with Crippen LogP contribution in [0.25, 0.3) is 11.0 Å². The summed E-state index contributed by atoms with van der Waals surface area (Å²) in [5.74, 6) is 0.742. The molecule has 0 radical (unpaired) electrons. The Kier molecular flexibility index (Phi) is 5.50. The third-order valence-electron chi connectivity index (χ3n) is 7.45. The van der Waals surface area contributed by atoms with E-state index in [-0.39, 0.29) is 5.92 Å². The van der Waals surface area contributed by atoms with Gasteiger partial charge in [0, 0.05) is 5.92 Å². The molecule has 178 valence electrons. The van der Waals surface area contributed by atoms with E-state index in [1.165, 1.54) is 0 Å². The molecule has 8 heteroatoms. The van der Waals surface area contributed by atoms with Gasteiger partial charge in [-0.2, -0.15) is 0 Å². The van der Waals surface area contributed by atoms with Crippen LogP contribution in [0, 0.1) is 0 Å². The summed E-state index contributed by atoms with van der Waals surface area (Å²) in [6.45, 7) is 10.5. The number of hydrogen-bond donors (Lipinski definition) is 2. The number of furan rings is 1. The van der Waals surface area contributed by atoms with E-state index >= 15 is 0 Å². The van der Waals surface area contributed by atoms with Crippen LogP contribution in [0.15, 0.2) is 52.9 Å². The van der Waals surface area contributed by atoms with Gasteiger partial charge in [0.25, 0.3) is 0 Å². The zero-order chi connectivity index (χ0) is 24.3. The Morgan fingerprint density at radius 1 is 1.09 bits per heavy atom. The molecule has 2 aliphatic heterocycles. The number of benzene rings is 2. The lowest BCUT2D eigenvalue weighted by Crippen LogP contribution is -2.52. The highest BCUT2D eigenvalue weighted by molar-refractivity contribution is 6.62. The first-order valence-electron chi connectivity index (χ1n) is 11.7. The van der Waals surface area contributed by atoms with Crippen molar-refractivity contribution in [3.63, 3.8) is 0 Å². The molecule has 0 bridgehead atoms. The summed E-state index contributed by atoms with van der Waals surface area (Å²) in [6, 6.07) is 15.2. The third kappa shape index (κ3) is 3.80. The third-order valence-corrected chi connectivity index (χ3v) is 7.45. The van der Waals surface area contributed by atoms with Crippen LogP contribution < -0.4 is 21.3 Å². The van der Waals surface area contributed by atoms with E-state index in [0.29, 0.717) is 23.6 Å². The van der Waals surface area contributed by atoms with Crippen LogP contribution in [0.1, 0.15) is 51.9 Å². The second-order valence-electron chi connectivity index (χ2n) is 10.2. The van der Waals surface area contributed by atoms with Crippen molar-refractivity contribution >= 4 is 29.5 Å². The van der Waals surface area contributed by atoms with Gasteiger partial charge in [-0.1, -0.05) is 43.3 Å². The first kappa shape index (κ1) is 23.0. The Balaban J connectivity index is 1.49. The van der Waals surface area contributed by atoms with Crippen molar-refractivity contribution in [2.24, 2.45) is 5.73 Å². The maximum atomic E-state index is 12.3. The molecule has 34 heavy (non-hydrogen) atoms. The number of carbonyl (C=O) groups excluding carboxylic acids is 1. The van der Waals surface area contributed by atoms with Crippen molar-refractivity contribution in [1.82, 2.24) is 5.32 Å². The van der Waals surface area contributed by atoms with Gasteiger partial charge in [-0.15, -0.1) is 0 Å². The van der Waals surface area contributed by atoms with Gasteiger partial charge in [-0.3, -0.25) is 10.1 Å². The molecule has 3 atom stereocenters. The van der Waals surface area contributed by atoms with Crippen LogP contribution >= 0.6 is 0 Å². The van der Waals surface area contributed by atoms with Crippen LogP contribution in [0.5, 0.6) is 5.75 Å². The van der Waals surface area contributed by atoms with Gasteiger partial charge in [0.05, 0.1) is 23.1 Å². The molecule has 3 aromatic rings. The molecule has 1 amide bonds. The number of fused-ring (bicyclic) bond motifs is 3. The summed E-state index contributed by atoms with van der Waals surface area (Å²) in [7, 11) is -0.483. The fourth-order valence-corrected chi connectivity index (χ4v) is 4.63. The first-order valence-corrected chi connectivity index (χ1v) is 11.7. The highest BCUT2D eigenvalue weighted by Gasteiger charge is 2.51. The Labute approximate surface area is 200 Å². The predicted octanol–water partition coefficient (Wildman–Crippen LogP) is 3.24. The fourth-order valence-electron chi connectivity index (χ4n) is 4.63. The first-order chi connectivity index (χ1) is 16.1. The van der Waals surface area contributed by atoms with Gasteiger partial charge in [0.1, 0.15) is 17.7 Å². The molecule has 7 nitrogen and oxygen atoms in total. The summed E-state index contributed by atoms with van der Waals surface area (Å²) in [5, 5.41) is 4.09. The number of nitrogens with two attached hydrogens (primary N) is 1. The quantitative estimate of drug-likeness (QED) is 0.578. The fraction of sp³-hybridized carbons (Fsp3) is 0.423. The SMILES string of the molecule is C[C@@H](c1ccccc1)C1Oc2c(oc3cc(B4OC(C)(C)C(C)(C)O4)ccc23)CNC1C(N)=O. The van der Waals surface area contributed by atoms with E-state index in [1.807, 2.05) is 83.1 Å². The van der Waals surface area contributed by atoms with Crippen LogP contribution in [0.3, 0.4) is 0 Å². The van der Waals surface area contributed by atoms with Gasteiger partial charge in [-0.05, 0) is 50.9 Å². The van der Waals surface area contributed by atoms with Crippen LogP contribution in [0.4, 0.5) is 0 Å². The van der Waals surface area contributed by atoms with Crippen LogP contribution in [-0.2, 0) is 20.6 Å². The molecule has 3 N–H and O–H groups in total. The molecular weight excluding hydrogens is 431 g/mol. The van der Waals surface area contributed by atoms with Crippen molar-refractivity contribution in [2.45, 2.75) is 70.4 Å². The molecular formula is C26H31BN2O5. The maximum Gasteiger partial charge on any atom is 0.494 e. The van der Waals surface area contributed by atoms with Gasteiger partial charge in [0.15, 0.2) is 11.5 Å². The molecule has 2 unspecified atom stereocenters. The zero-order valence-electron chi connectivity index (χ0n) is 20.3. The van der Waals surface area contributed by atoms with Gasteiger partial charge in [0.2, 0.25) is 5.91 Å². The average Bonchev–Trinajstić information content (AvgIpc) is 3.15. The van der Waals surface area contributed by atoms with Crippen LogP contribution in [0.2, 0.25) is 0 Å². The smallest absolute Gasteiger partial charge is 0.483 e. The molecule has 1 fully saturated rings. The minimum absolute atomic E-state index is 0.0777. The molecule has 5 rings (SSSR count). The van der Waals surface area contributed by atoms with E-state index in [9.17, 15) is 4.79 Å². The van der Waals surface area contributed by atoms with Crippen molar-refractivity contribution in [3.05, 3.63) is 59.9 Å². The molecule has 3 heterocycles. The largest absolute Gasteiger partial charge is 0.494 e. The van der Waals surface area contributed by atoms with Gasteiger partial charge in [-0.25, -0.2) is 0 Å². The lowest BCUT2D eigenvalue weighted by molar-refractivity contribution is -0.122. The number of amides is 1. The summed E-state index contributed by atoms with van der Waals surface area (Å²) < 4.78 is 25.1. The van der Waals surface area contributed by atoms with Gasteiger partial charge < -0.3 is 24.2 Å². The van der Waals surface area contributed by atoms with E-state index < -0.39 is 36.4 Å². The molecule has 0 spiro atoms. The Morgan fingerprint density at radius 2 is 1.76 bits per heavy atom. The van der Waals surface area contributed by atoms with E-state index in [2.05, 4.69) is 5.32 Å². The Hall–Kier alpha value is -2.81. The monoisotopic (exact) mass is 462 g/mol. The number of ether oxygens (including phenoxy) is 1. The topological polar surface area (TPSA) is 95.9 Å². The standard InChI is InChI=1S/C26H31BN2O5/c1-15(16-9-7-6-8-10-16)22-21(24(28)30)29-14-20-23(32-22)18-12-11-17(13-19(18)31-20)27-33-25(2,3)26(4,5)34-27/h6-13,15,21-22,29H,14H2,1-5H3,(H2,28,30)/t15-,21?,22?/m0/s1. The number of carbonyl (C=O) groups is 1. The average molecular weight is 462 g/mol. The maximum absolute atomic E-state index is 12.3. The lowest BCUT2D eigenvalue weighted by Gasteiger charge is -2.32. The number of primary amides is 1. The highest BCUT2D eigenvalue weighted by Crippen LogP contribution is 2.40. The number of hydrogen-bond acceptors (Lipinski definition) is 6. The second kappa shape index (κ2) is 8.15. The highest BCUT2D eigenvalue weighted by atomic mass is 16.7. The lowest BCUT2D eigenvalue weighted by atomic mass is 9.79. The normalized spacial score (nSPS) is 24.3. The molecule has 0 aliphatic carbocycles. The summed E-state index contributed by atoms with van der Waals surface area (Å²) in [4.78, 5) is 12.3. The van der Waals surface area contributed by atoms with E-state index in [0.717, 1.165) is 16.4 Å². The summed E-state index contributed by atoms with van der Waals surface area (Å²) >= 11 is 0. The summed E-state index contributed by atoms with van der Waals surface area (Å²) in [6.07, 6.45) is -0.496. The molecule has 1 saturated heterocycles. The van der Waals surface area contributed by atoms with Crippen molar-refractivity contribution in [2.75, 3.05) is 0 Å². The molecule has 2 aliphatic rings. The minimum Gasteiger partial charge on any atom is -0.483 e. The van der Waals surface area contributed by atoms with Crippen molar-refractivity contribution in [1.29, 1.82) is 0 Å². The zero-order valence-corrected chi connectivity index (χ0v) is 20.3. The number of rotatable bonds is 4. The van der Waals surface area contributed by atoms with Crippen LogP contribution in [-0.4, -0.2) is 36.4 Å². The minimum atomic E-state index is -0.656. The molecule has 1 aromatic heterocycles. The molecule has 0 saturated carbocycles. The number of nitrogens with one attached hydrogen (secondary N) is 1.